The third-order valence-electron chi connectivity index (χ3n) is 4.82. The van der Waals surface area contributed by atoms with Crippen LogP contribution in [0.25, 0.3) is 0 Å². The van der Waals surface area contributed by atoms with Crippen molar-refractivity contribution in [2.24, 2.45) is 5.92 Å². The van der Waals surface area contributed by atoms with E-state index in [9.17, 15) is 14.4 Å². The number of carbonyl (C=O) groups excluding carboxylic acids is 3. The van der Waals surface area contributed by atoms with E-state index in [0.29, 0.717) is 28.4 Å². The standard InChI is InChI=1S/C22H24N2O6/c1-4-30-22(27)14-6-5-7-16(10-14)23-21(26)15-11-20(25)24(13-15)17-8-9-18(28-2)19(12-17)29-3/h5-10,12,15H,4,11,13H2,1-3H3,(H,23,26). The Balaban J connectivity index is 1.70. The average molecular weight is 412 g/mol. The van der Waals surface area contributed by atoms with Crippen LogP contribution in [0.5, 0.6) is 11.5 Å². The molecule has 0 aromatic heterocycles. The van der Waals surface area contributed by atoms with Crippen molar-refractivity contribution in [3.63, 3.8) is 0 Å². The van der Waals surface area contributed by atoms with Crippen molar-refractivity contribution in [2.75, 3.05) is 37.6 Å². The van der Waals surface area contributed by atoms with Gasteiger partial charge in [0, 0.05) is 30.4 Å². The lowest BCUT2D eigenvalue weighted by Gasteiger charge is -2.18. The third-order valence-corrected chi connectivity index (χ3v) is 4.82. The predicted octanol–water partition coefficient (Wildman–Crippen LogP) is 2.87. The highest BCUT2D eigenvalue weighted by molar-refractivity contribution is 6.04. The molecule has 8 heteroatoms. The lowest BCUT2D eigenvalue weighted by molar-refractivity contribution is -0.122. The number of amides is 2. The molecule has 0 bridgehead atoms. The lowest BCUT2D eigenvalue weighted by atomic mass is 10.1. The molecule has 1 fully saturated rings. The first kappa shape index (κ1) is 21.2. The summed E-state index contributed by atoms with van der Waals surface area (Å²) >= 11 is 0. The number of anilines is 2. The zero-order valence-corrected chi connectivity index (χ0v) is 17.1. The molecule has 1 unspecified atom stereocenters. The summed E-state index contributed by atoms with van der Waals surface area (Å²) < 4.78 is 15.5. The van der Waals surface area contributed by atoms with E-state index in [1.54, 1.807) is 54.3 Å². The fourth-order valence-electron chi connectivity index (χ4n) is 3.31. The van der Waals surface area contributed by atoms with E-state index >= 15 is 0 Å². The summed E-state index contributed by atoms with van der Waals surface area (Å²) in [6.07, 6.45) is 0.0950. The van der Waals surface area contributed by atoms with Crippen molar-refractivity contribution in [2.45, 2.75) is 13.3 Å². The van der Waals surface area contributed by atoms with Gasteiger partial charge in [0.15, 0.2) is 11.5 Å². The number of nitrogens with zero attached hydrogens (tertiary/aromatic N) is 1. The van der Waals surface area contributed by atoms with Crippen LogP contribution in [0.3, 0.4) is 0 Å². The molecule has 0 radical (unpaired) electrons. The molecule has 0 aliphatic carbocycles. The second kappa shape index (κ2) is 9.30. The molecule has 30 heavy (non-hydrogen) atoms. The summed E-state index contributed by atoms with van der Waals surface area (Å²) in [6, 6.07) is 11.7. The maximum absolute atomic E-state index is 12.7. The van der Waals surface area contributed by atoms with Crippen molar-refractivity contribution < 1.29 is 28.6 Å². The number of rotatable bonds is 7. The molecule has 1 saturated heterocycles. The summed E-state index contributed by atoms with van der Waals surface area (Å²) in [6.45, 7) is 2.24. The van der Waals surface area contributed by atoms with Gasteiger partial charge < -0.3 is 24.4 Å². The Bertz CT molecular complexity index is 958. The third kappa shape index (κ3) is 4.53. The molecule has 2 aromatic rings. The highest BCUT2D eigenvalue weighted by Gasteiger charge is 2.35. The smallest absolute Gasteiger partial charge is 0.338 e. The van der Waals surface area contributed by atoms with Gasteiger partial charge in [0.1, 0.15) is 0 Å². The summed E-state index contributed by atoms with van der Waals surface area (Å²) in [4.78, 5) is 38.7. The SMILES string of the molecule is CCOC(=O)c1cccc(NC(=O)C2CC(=O)N(c3ccc(OC)c(OC)c3)C2)c1. The molecule has 1 aliphatic rings. The zero-order valence-electron chi connectivity index (χ0n) is 17.1. The maximum Gasteiger partial charge on any atom is 0.338 e. The Morgan fingerprint density at radius 2 is 1.87 bits per heavy atom. The number of benzene rings is 2. The molecule has 1 N–H and O–H groups in total. The summed E-state index contributed by atoms with van der Waals surface area (Å²) in [5, 5.41) is 2.78. The molecule has 158 valence electrons. The average Bonchev–Trinajstić information content (AvgIpc) is 3.15. The maximum atomic E-state index is 12.7. The van der Waals surface area contributed by atoms with Gasteiger partial charge in [-0.05, 0) is 37.3 Å². The number of ether oxygens (including phenoxy) is 3. The summed E-state index contributed by atoms with van der Waals surface area (Å²) in [5.74, 6) is -0.341. The minimum absolute atomic E-state index is 0.0950. The van der Waals surface area contributed by atoms with Gasteiger partial charge in [-0.1, -0.05) is 6.07 Å². The molecular weight excluding hydrogens is 388 g/mol. The largest absolute Gasteiger partial charge is 0.493 e. The molecule has 3 rings (SSSR count). The minimum Gasteiger partial charge on any atom is -0.493 e. The van der Waals surface area contributed by atoms with Gasteiger partial charge in [-0.25, -0.2) is 4.79 Å². The molecule has 0 spiro atoms. The molecule has 0 saturated carbocycles. The van der Waals surface area contributed by atoms with Crippen LogP contribution < -0.4 is 19.7 Å². The summed E-state index contributed by atoms with van der Waals surface area (Å²) in [5.41, 5.74) is 1.46. The van der Waals surface area contributed by atoms with E-state index in [-0.39, 0.29) is 31.4 Å². The zero-order chi connectivity index (χ0) is 21.7. The van der Waals surface area contributed by atoms with Gasteiger partial charge in [-0.3, -0.25) is 9.59 Å². The first-order valence-corrected chi connectivity index (χ1v) is 9.57. The number of hydrogen-bond donors (Lipinski definition) is 1. The molecule has 2 amide bonds. The Morgan fingerprint density at radius 3 is 2.57 bits per heavy atom. The number of methoxy groups -OCH3 is 2. The fourth-order valence-corrected chi connectivity index (χ4v) is 3.31. The van der Waals surface area contributed by atoms with Crippen LogP contribution in [0.1, 0.15) is 23.7 Å². The topological polar surface area (TPSA) is 94.2 Å². The van der Waals surface area contributed by atoms with Crippen molar-refractivity contribution in [3.8, 4) is 11.5 Å². The van der Waals surface area contributed by atoms with E-state index in [1.807, 2.05) is 0 Å². The Kier molecular flexibility index (Phi) is 6.56. The monoisotopic (exact) mass is 412 g/mol. The van der Waals surface area contributed by atoms with Gasteiger partial charge in [-0.15, -0.1) is 0 Å². The Labute approximate surface area is 174 Å². The second-order valence-corrected chi connectivity index (χ2v) is 6.74. The van der Waals surface area contributed by atoms with Crippen LogP contribution in [0, 0.1) is 5.92 Å². The quantitative estimate of drug-likeness (QED) is 0.703. The van der Waals surface area contributed by atoms with Crippen molar-refractivity contribution in [3.05, 3.63) is 48.0 Å². The molecule has 1 atom stereocenters. The first-order chi connectivity index (χ1) is 14.5. The van der Waals surface area contributed by atoms with Crippen LogP contribution in [0.2, 0.25) is 0 Å². The van der Waals surface area contributed by atoms with Crippen LogP contribution in [-0.4, -0.2) is 45.2 Å². The van der Waals surface area contributed by atoms with E-state index in [0.717, 1.165) is 0 Å². The molecule has 1 heterocycles. The number of carbonyl (C=O) groups is 3. The van der Waals surface area contributed by atoms with Crippen LogP contribution in [0.15, 0.2) is 42.5 Å². The van der Waals surface area contributed by atoms with Gasteiger partial charge >= 0.3 is 5.97 Å². The Morgan fingerprint density at radius 1 is 1.10 bits per heavy atom. The Hall–Kier alpha value is -3.55. The number of hydrogen-bond acceptors (Lipinski definition) is 6. The van der Waals surface area contributed by atoms with Crippen LogP contribution >= 0.6 is 0 Å². The molecule has 1 aliphatic heterocycles. The number of nitrogens with one attached hydrogen (secondary N) is 1. The van der Waals surface area contributed by atoms with Crippen molar-refractivity contribution in [1.82, 2.24) is 0 Å². The van der Waals surface area contributed by atoms with Gasteiger partial charge in [0.05, 0.1) is 32.3 Å². The van der Waals surface area contributed by atoms with Crippen molar-refractivity contribution >= 4 is 29.2 Å². The number of esters is 1. The molecule has 8 nitrogen and oxygen atoms in total. The lowest BCUT2D eigenvalue weighted by Crippen LogP contribution is -2.28. The van der Waals surface area contributed by atoms with Crippen molar-refractivity contribution in [1.29, 1.82) is 0 Å². The minimum atomic E-state index is -0.517. The highest BCUT2D eigenvalue weighted by Crippen LogP contribution is 2.34. The van der Waals surface area contributed by atoms with Gasteiger partial charge in [0.2, 0.25) is 11.8 Å². The molecule has 2 aromatic carbocycles. The van der Waals surface area contributed by atoms with E-state index < -0.39 is 11.9 Å². The van der Waals surface area contributed by atoms with Gasteiger partial charge in [-0.2, -0.15) is 0 Å². The fraction of sp³-hybridized carbons (Fsp3) is 0.318. The normalized spacial score (nSPS) is 15.6. The molecular formula is C22H24N2O6. The highest BCUT2D eigenvalue weighted by atomic mass is 16.5. The van der Waals surface area contributed by atoms with E-state index in [1.165, 1.54) is 14.2 Å². The van der Waals surface area contributed by atoms with E-state index in [2.05, 4.69) is 5.32 Å². The predicted molar refractivity (Wildman–Crippen MR) is 111 cm³/mol. The van der Waals surface area contributed by atoms with Crippen LogP contribution in [-0.2, 0) is 14.3 Å². The second-order valence-electron chi connectivity index (χ2n) is 6.74. The van der Waals surface area contributed by atoms with Crippen LogP contribution in [0.4, 0.5) is 11.4 Å². The van der Waals surface area contributed by atoms with E-state index in [4.69, 9.17) is 14.2 Å². The first-order valence-electron chi connectivity index (χ1n) is 9.57. The van der Waals surface area contributed by atoms with Gasteiger partial charge in [0.25, 0.3) is 0 Å². The summed E-state index contributed by atoms with van der Waals surface area (Å²) in [7, 11) is 3.06.